The van der Waals surface area contributed by atoms with Crippen LogP contribution in [-0.4, -0.2) is 23.8 Å². The van der Waals surface area contributed by atoms with Gasteiger partial charge in [0.1, 0.15) is 0 Å². The Kier molecular flexibility index (Phi) is 8.29. The first kappa shape index (κ1) is 27.5. The van der Waals surface area contributed by atoms with Crippen molar-refractivity contribution in [3.8, 4) is 0 Å². The molecule has 202 valence electrons. The van der Waals surface area contributed by atoms with E-state index in [4.69, 9.17) is 5.73 Å². The van der Waals surface area contributed by atoms with Gasteiger partial charge in [-0.05, 0) is 79.0 Å². The second-order valence-electron chi connectivity index (χ2n) is 10.7. The lowest BCUT2D eigenvalue weighted by Crippen LogP contribution is -2.43. The Morgan fingerprint density at radius 3 is 2.79 bits per heavy atom. The number of aryl methyl sites for hydroxylation is 2. The number of allylic oxidation sites excluding steroid dienone is 1. The number of hydrogen-bond acceptors (Lipinski definition) is 4. The van der Waals surface area contributed by atoms with Crippen LogP contribution in [0.25, 0.3) is 6.08 Å². The van der Waals surface area contributed by atoms with Crippen molar-refractivity contribution in [2.24, 2.45) is 16.6 Å². The number of hydrogen-bond donors (Lipinski definition) is 3. The molecule has 0 aromatic heterocycles. The van der Waals surface area contributed by atoms with E-state index in [0.717, 1.165) is 36.0 Å². The van der Waals surface area contributed by atoms with E-state index in [0.29, 0.717) is 23.5 Å². The van der Waals surface area contributed by atoms with Gasteiger partial charge in [-0.2, -0.15) is 0 Å². The van der Waals surface area contributed by atoms with Gasteiger partial charge in [-0.25, -0.2) is 13.8 Å². The van der Waals surface area contributed by atoms with E-state index in [-0.39, 0.29) is 48.3 Å². The second kappa shape index (κ2) is 11.5. The SMILES string of the molecule is Cc1ccc(/C=C\CCC2CC(=O)NC(N)=N2)cc1C(CC(C)C)NC(=O)c1ccc2c(c1)CCC2(F)F. The van der Waals surface area contributed by atoms with Gasteiger partial charge >= 0.3 is 0 Å². The van der Waals surface area contributed by atoms with Crippen LogP contribution in [0.15, 0.2) is 47.5 Å². The molecule has 0 saturated heterocycles. The Morgan fingerprint density at radius 2 is 2.05 bits per heavy atom. The lowest BCUT2D eigenvalue weighted by Gasteiger charge is -2.24. The number of aliphatic imine (C=N–C) groups is 1. The Labute approximate surface area is 222 Å². The van der Waals surface area contributed by atoms with Crippen molar-refractivity contribution in [2.75, 3.05) is 0 Å². The van der Waals surface area contributed by atoms with Crippen molar-refractivity contribution in [3.05, 3.63) is 75.9 Å². The Hall–Kier alpha value is -3.55. The van der Waals surface area contributed by atoms with E-state index < -0.39 is 5.92 Å². The summed E-state index contributed by atoms with van der Waals surface area (Å²) in [5, 5.41) is 5.67. The average Bonchev–Trinajstić information content (AvgIpc) is 3.15. The van der Waals surface area contributed by atoms with E-state index in [1.807, 2.05) is 25.1 Å². The molecule has 4 rings (SSSR count). The minimum absolute atomic E-state index is 0.0325. The van der Waals surface area contributed by atoms with Gasteiger partial charge in [0, 0.05) is 24.0 Å². The molecule has 0 saturated carbocycles. The van der Waals surface area contributed by atoms with Gasteiger partial charge in [-0.15, -0.1) is 0 Å². The summed E-state index contributed by atoms with van der Waals surface area (Å²) in [5.41, 5.74) is 9.75. The molecule has 2 aliphatic rings. The van der Waals surface area contributed by atoms with Gasteiger partial charge in [-0.1, -0.05) is 44.2 Å². The minimum atomic E-state index is -2.82. The van der Waals surface area contributed by atoms with Crippen LogP contribution >= 0.6 is 0 Å². The first-order chi connectivity index (χ1) is 18.0. The monoisotopic (exact) mass is 522 g/mol. The lowest BCUT2D eigenvalue weighted by molar-refractivity contribution is -0.120. The molecule has 38 heavy (non-hydrogen) atoms. The molecule has 1 aliphatic carbocycles. The molecule has 2 atom stereocenters. The predicted molar refractivity (Wildman–Crippen MR) is 146 cm³/mol. The van der Waals surface area contributed by atoms with Gasteiger partial charge in [0.05, 0.1) is 12.1 Å². The number of benzene rings is 2. The highest BCUT2D eigenvalue weighted by Crippen LogP contribution is 2.41. The van der Waals surface area contributed by atoms with E-state index in [1.54, 1.807) is 6.07 Å². The van der Waals surface area contributed by atoms with Crippen LogP contribution < -0.4 is 16.4 Å². The largest absolute Gasteiger partial charge is 0.370 e. The highest BCUT2D eigenvalue weighted by atomic mass is 19.3. The standard InChI is InChI=1S/C30H36F2N4O2/c1-18(2)14-26(35-28(38)22-10-11-25-21(16-22)12-13-30(25,31)32)24-15-20(9-8-19(24)3)6-4-5-7-23-17-27(37)36-29(33)34-23/h4,6,8-11,15-16,18,23,26H,5,7,12-14,17H2,1-3H3,(H,35,38)(H3,33,34,36,37)/b6-4-. The number of fused-ring (bicyclic) bond motifs is 1. The maximum absolute atomic E-state index is 14.0. The van der Waals surface area contributed by atoms with Gasteiger partial charge in [0.15, 0.2) is 5.96 Å². The number of carbonyl (C=O) groups is 2. The first-order valence-electron chi connectivity index (χ1n) is 13.2. The number of alkyl halides is 2. The number of halogens is 2. The number of nitrogens with two attached hydrogens (primary N) is 1. The number of nitrogens with zero attached hydrogens (tertiary/aromatic N) is 1. The van der Waals surface area contributed by atoms with Crippen molar-refractivity contribution in [3.63, 3.8) is 0 Å². The maximum atomic E-state index is 14.0. The Balaban J connectivity index is 1.47. The number of carbonyl (C=O) groups excluding carboxylic acids is 2. The zero-order valence-corrected chi connectivity index (χ0v) is 22.2. The molecule has 4 N–H and O–H groups in total. The van der Waals surface area contributed by atoms with Gasteiger partial charge < -0.3 is 11.1 Å². The van der Waals surface area contributed by atoms with Crippen molar-refractivity contribution < 1.29 is 18.4 Å². The summed E-state index contributed by atoms with van der Waals surface area (Å²) < 4.78 is 28.1. The lowest BCUT2D eigenvalue weighted by atomic mass is 9.92. The molecule has 1 aliphatic heterocycles. The molecule has 0 radical (unpaired) electrons. The Morgan fingerprint density at radius 1 is 1.26 bits per heavy atom. The summed E-state index contributed by atoms with van der Waals surface area (Å²) in [6, 6.07) is 10.3. The third kappa shape index (κ3) is 6.65. The van der Waals surface area contributed by atoms with Crippen LogP contribution in [0, 0.1) is 12.8 Å². The normalized spacial score (nSPS) is 19.3. The molecule has 2 aromatic rings. The van der Waals surface area contributed by atoms with E-state index >= 15 is 0 Å². The molecule has 0 fully saturated rings. The molecule has 6 nitrogen and oxygen atoms in total. The third-order valence-corrected chi connectivity index (χ3v) is 7.15. The fraction of sp³-hybridized carbons (Fsp3) is 0.433. The van der Waals surface area contributed by atoms with Crippen LogP contribution in [0.3, 0.4) is 0 Å². The summed E-state index contributed by atoms with van der Waals surface area (Å²) in [7, 11) is 0. The fourth-order valence-electron chi connectivity index (χ4n) is 5.20. The molecule has 2 amide bonds. The number of rotatable bonds is 9. The first-order valence-corrected chi connectivity index (χ1v) is 13.2. The zero-order chi connectivity index (χ0) is 27.4. The van der Waals surface area contributed by atoms with Gasteiger partial charge in [0.25, 0.3) is 11.8 Å². The Bertz CT molecular complexity index is 1270. The fourth-order valence-corrected chi connectivity index (χ4v) is 5.20. The van der Waals surface area contributed by atoms with Crippen LogP contribution in [0.4, 0.5) is 8.78 Å². The minimum Gasteiger partial charge on any atom is -0.370 e. The number of nitrogens with one attached hydrogen (secondary N) is 2. The smallest absolute Gasteiger partial charge is 0.273 e. The zero-order valence-electron chi connectivity index (χ0n) is 22.2. The van der Waals surface area contributed by atoms with Crippen LogP contribution in [0.5, 0.6) is 0 Å². The summed E-state index contributed by atoms with van der Waals surface area (Å²) in [5.74, 6) is -2.68. The summed E-state index contributed by atoms with van der Waals surface area (Å²) in [6.45, 7) is 6.24. The van der Waals surface area contributed by atoms with Gasteiger partial charge in [-0.3, -0.25) is 14.9 Å². The van der Waals surface area contributed by atoms with Crippen molar-refractivity contribution >= 4 is 23.8 Å². The number of amides is 2. The van der Waals surface area contributed by atoms with Crippen molar-refractivity contribution in [1.82, 2.24) is 10.6 Å². The summed E-state index contributed by atoms with van der Waals surface area (Å²) >= 11 is 0. The van der Waals surface area contributed by atoms with Crippen molar-refractivity contribution in [2.45, 2.75) is 77.3 Å². The average molecular weight is 523 g/mol. The van der Waals surface area contributed by atoms with Gasteiger partial charge in [0.2, 0.25) is 5.91 Å². The van der Waals surface area contributed by atoms with E-state index in [1.165, 1.54) is 12.1 Å². The highest BCUT2D eigenvalue weighted by Gasteiger charge is 2.39. The molecule has 1 heterocycles. The second-order valence-corrected chi connectivity index (χ2v) is 10.7. The van der Waals surface area contributed by atoms with Crippen LogP contribution in [0.1, 0.15) is 90.2 Å². The molecule has 2 aromatic carbocycles. The quantitative estimate of drug-likeness (QED) is 0.403. The molecular weight excluding hydrogens is 486 g/mol. The van der Waals surface area contributed by atoms with Crippen molar-refractivity contribution in [1.29, 1.82) is 0 Å². The molecule has 0 bridgehead atoms. The summed E-state index contributed by atoms with van der Waals surface area (Å²) in [4.78, 5) is 29.1. The maximum Gasteiger partial charge on any atom is 0.273 e. The molecule has 2 unspecified atom stereocenters. The highest BCUT2D eigenvalue weighted by molar-refractivity contribution is 5.98. The molecule has 8 heteroatoms. The predicted octanol–water partition coefficient (Wildman–Crippen LogP) is 5.55. The van der Waals surface area contributed by atoms with E-state index in [2.05, 4.69) is 41.6 Å². The van der Waals surface area contributed by atoms with E-state index in [9.17, 15) is 18.4 Å². The molecular formula is C30H36F2N4O2. The topological polar surface area (TPSA) is 96.6 Å². The van der Waals surface area contributed by atoms with Crippen LogP contribution in [0.2, 0.25) is 0 Å². The third-order valence-electron chi connectivity index (χ3n) is 7.15. The number of guanidine groups is 1. The summed E-state index contributed by atoms with van der Waals surface area (Å²) in [6.07, 6.45) is 6.72. The van der Waals surface area contributed by atoms with Crippen LogP contribution in [-0.2, 0) is 17.1 Å². The molecule has 0 spiro atoms.